The first-order chi connectivity index (χ1) is 13.2. The summed E-state index contributed by atoms with van der Waals surface area (Å²) >= 11 is 0. The maximum atomic E-state index is 11.5. The zero-order valence-electron chi connectivity index (χ0n) is 14.9. The Kier molecular flexibility index (Phi) is 4.98. The first-order valence-corrected chi connectivity index (χ1v) is 9.14. The predicted octanol–water partition coefficient (Wildman–Crippen LogP) is 4.16. The molecule has 1 N–H and O–H groups in total. The summed E-state index contributed by atoms with van der Waals surface area (Å²) in [4.78, 5) is 22.3. The average Bonchev–Trinajstić information content (AvgIpc) is 3.17. The number of carboxylic acids is 1. The van der Waals surface area contributed by atoms with Gasteiger partial charge in [-0.1, -0.05) is 24.6 Å². The maximum absolute atomic E-state index is 11.5. The Labute approximate surface area is 157 Å². The molecule has 4 rings (SSSR count). The molecule has 0 spiro atoms. The monoisotopic (exact) mass is 363 g/mol. The second-order valence-corrected chi connectivity index (χ2v) is 6.73. The molecule has 2 aromatic heterocycles. The van der Waals surface area contributed by atoms with Crippen LogP contribution in [-0.4, -0.2) is 32.5 Å². The Morgan fingerprint density at radius 2 is 2.07 bits per heavy atom. The molecule has 1 saturated heterocycles. The van der Waals surface area contributed by atoms with Crippen molar-refractivity contribution in [3.8, 4) is 11.3 Å². The third kappa shape index (κ3) is 3.75. The van der Waals surface area contributed by atoms with Crippen molar-refractivity contribution in [2.24, 2.45) is 0 Å². The van der Waals surface area contributed by atoms with E-state index in [-0.39, 0.29) is 11.6 Å². The highest BCUT2D eigenvalue weighted by Gasteiger charge is 2.26. The van der Waals surface area contributed by atoms with Crippen LogP contribution in [0, 0.1) is 0 Å². The minimum atomic E-state index is -0.955. The van der Waals surface area contributed by atoms with Crippen LogP contribution in [0.4, 0.5) is 0 Å². The number of benzene rings is 1. The Morgan fingerprint density at radius 1 is 1.19 bits per heavy atom. The molecule has 0 radical (unpaired) electrons. The second-order valence-electron chi connectivity index (χ2n) is 6.73. The highest BCUT2D eigenvalue weighted by atomic mass is 16.4. The first-order valence-electron chi connectivity index (χ1n) is 9.14. The zero-order valence-corrected chi connectivity index (χ0v) is 14.9. The zero-order chi connectivity index (χ0) is 18.6. The number of aromatic nitrogens is 2. The third-order valence-corrected chi connectivity index (χ3v) is 5.00. The summed E-state index contributed by atoms with van der Waals surface area (Å²) in [5, 5.41) is 9.39. The lowest BCUT2D eigenvalue weighted by Gasteiger charge is -2.34. The van der Waals surface area contributed by atoms with Crippen molar-refractivity contribution in [3.63, 3.8) is 0 Å². The normalized spacial score (nSPS) is 17.7. The van der Waals surface area contributed by atoms with Gasteiger partial charge in [-0.3, -0.25) is 4.90 Å². The number of furan rings is 1. The molecule has 6 heteroatoms. The van der Waals surface area contributed by atoms with Gasteiger partial charge in [0.1, 0.15) is 17.8 Å². The molecule has 1 aromatic carbocycles. The fourth-order valence-electron chi connectivity index (χ4n) is 3.71. The highest BCUT2D eigenvalue weighted by molar-refractivity contribution is 5.95. The fourth-order valence-corrected chi connectivity index (χ4v) is 3.71. The van der Waals surface area contributed by atoms with Crippen LogP contribution in [0.3, 0.4) is 0 Å². The standard InChI is InChI=1S/C21H21N3O3/c25-21(26)17-6-2-1-5-16(17)20-9-8-15(27-20)13-24-12-4-3-7-19(24)18-10-11-22-14-23-18/h1-2,5-6,8-11,14,19H,3-4,7,12-13H2,(H,25,26). The van der Waals surface area contributed by atoms with Gasteiger partial charge in [-0.05, 0) is 43.7 Å². The number of rotatable bonds is 5. The highest BCUT2D eigenvalue weighted by Crippen LogP contribution is 2.32. The van der Waals surface area contributed by atoms with Crippen molar-refractivity contribution >= 4 is 5.97 Å². The van der Waals surface area contributed by atoms with Gasteiger partial charge in [0.05, 0.1) is 23.8 Å². The lowest BCUT2D eigenvalue weighted by Crippen LogP contribution is -2.33. The van der Waals surface area contributed by atoms with Crippen molar-refractivity contribution in [2.45, 2.75) is 31.8 Å². The van der Waals surface area contributed by atoms with E-state index >= 15 is 0 Å². The molecule has 0 bridgehead atoms. The number of piperidine rings is 1. The van der Waals surface area contributed by atoms with Crippen LogP contribution in [0.2, 0.25) is 0 Å². The number of nitrogens with zero attached hydrogens (tertiary/aromatic N) is 3. The van der Waals surface area contributed by atoms with Crippen molar-refractivity contribution < 1.29 is 14.3 Å². The van der Waals surface area contributed by atoms with Gasteiger partial charge < -0.3 is 9.52 Å². The van der Waals surface area contributed by atoms with E-state index < -0.39 is 5.97 Å². The summed E-state index contributed by atoms with van der Waals surface area (Å²) in [7, 11) is 0. The molecule has 6 nitrogen and oxygen atoms in total. The molecule has 1 aliphatic rings. The van der Waals surface area contributed by atoms with Gasteiger partial charge in [-0.2, -0.15) is 0 Å². The molecule has 1 aliphatic heterocycles. The lowest BCUT2D eigenvalue weighted by atomic mass is 9.99. The molecule has 1 unspecified atom stereocenters. The summed E-state index contributed by atoms with van der Waals surface area (Å²) in [6, 6.07) is 12.9. The van der Waals surface area contributed by atoms with E-state index in [0.717, 1.165) is 30.8 Å². The van der Waals surface area contributed by atoms with Crippen LogP contribution in [0.15, 0.2) is 59.4 Å². The Balaban J connectivity index is 1.56. The Hall–Kier alpha value is -2.99. The first kappa shape index (κ1) is 17.4. The number of likely N-dealkylation sites (tertiary alicyclic amines) is 1. The van der Waals surface area contributed by atoms with Crippen LogP contribution in [0.1, 0.15) is 47.1 Å². The van der Waals surface area contributed by atoms with Gasteiger partial charge in [0.25, 0.3) is 0 Å². The topological polar surface area (TPSA) is 79.5 Å². The SMILES string of the molecule is O=C(O)c1ccccc1-c1ccc(CN2CCCCC2c2ccncn2)o1. The van der Waals surface area contributed by atoms with E-state index in [1.807, 2.05) is 24.3 Å². The van der Waals surface area contributed by atoms with Crippen LogP contribution in [-0.2, 0) is 6.54 Å². The summed E-state index contributed by atoms with van der Waals surface area (Å²) < 4.78 is 6.01. The van der Waals surface area contributed by atoms with E-state index in [0.29, 0.717) is 17.9 Å². The molecule has 0 aliphatic carbocycles. The van der Waals surface area contributed by atoms with Crippen molar-refractivity contribution in [3.05, 3.63) is 72.0 Å². The van der Waals surface area contributed by atoms with Crippen LogP contribution >= 0.6 is 0 Å². The minimum absolute atomic E-state index is 0.246. The third-order valence-electron chi connectivity index (χ3n) is 5.00. The van der Waals surface area contributed by atoms with Crippen LogP contribution < -0.4 is 0 Å². The van der Waals surface area contributed by atoms with Gasteiger partial charge in [-0.25, -0.2) is 14.8 Å². The van der Waals surface area contributed by atoms with Crippen LogP contribution in [0.5, 0.6) is 0 Å². The van der Waals surface area contributed by atoms with E-state index in [1.54, 1.807) is 30.7 Å². The Morgan fingerprint density at radius 3 is 2.89 bits per heavy atom. The molecule has 0 saturated carbocycles. The second kappa shape index (κ2) is 7.72. The maximum Gasteiger partial charge on any atom is 0.336 e. The molecule has 3 aromatic rings. The van der Waals surface area contributed by atoms with Crippen molar-refractivity contribution in [1.82, 2.24) is 14.9 Å². The summed E-state index contributed by atoms with van der Waals surface area (Å²) in [6.45, 7) is 1.65. The molecule has 1 atom stereocenters. The number of aromatic carboxylic acids is 1. The molecule has 0 amide bonds. The number of hydrogen-bond donors (Lipinski definition) is 1. The summed E-state index contributed by atoms with van der Waals surface area (Å²) in [5.41, 5.74) is 1.88. The van der Waals surface area contributed by atoms with Gasteiger partial charge >= 0.3 is 5.97 Å². The largest absolute Gasteiger partial charge is 0.478 e. The van der Waals surface area contributed by atoms with E-state index in [2.05, 4.69) is 14.9 Å². The van der Waals surface area contributed by atoms with E-state index in [1.165, 1.54) is 6.42 Å². The molecule has 1 fully saturated rings. The number of hydrogen-bond acceptors (Lipinski definition) is 5. The van der Waals surface area contributed by atoms with Gasteiger partial charge in [-0.15, -0.1) is 0 Å². The Bertz CT molecular complexity index is 923. The van der Waals surface area contributed by atoms with E-state index in [4.69, 9.17) is 4.42 Å². The molecule has 3 heterocycles. The lowest BCUT2D eigenvalue weighted by molar-refractivity contribution is 0.0697. The smallest absolute Gasteiger partial charge is 0.336 e. The fraction of sp³-hybridized carbons (Fsp3) is 0.286. The average molecular weight is 363 g/mol. The van der Waals surface area contributed by atoms with Gasteiger partial charge in [0.15, 0.2) is 0 Å². The number of carboxylic acid groups (broad SMARTS) is 1. The molecular weight excluding hydrogens is 342 g/mol. The molecular formula is C21H21N3O3. The molecule has 27 heavy (non-hydrogen) atoms. The van der Waals surface area contributed by atoms with E-state index in [9.17, 15) is 9.90 Å². The van der Waals surface area contributed by atoms with Crippen LogP contribution in [0.25, 0.3) is 11.3 Å². The summed E-state index contributed by atoms with van der Waals surface area (Å²) in [6.07, 6.45) is 6.77. The molecule has 138 valence electrons. The number of carbonyl (C=O) groups is 1. The van der Waals surface area contributed by atoms with Crippen molar-refractivity contribution in [2.75, 3.05) is 6.54 Å². The minimum Gasteiger partial charge on any atom is -0.478 e. The van der Waals surface area contributed by atoms with Crippen molar-refractivity contribution in [1.29, 1.82) is 0 Å². The van der Waals surface area contributed by atoms with Gasteiger partial charge in [0.2, 0.25) is 0 Å². The quantitative estimate of drug-likeness (QED) is 0.733. The predicted molar refractivity (Wildman–Crippen MR) is 100 cm³/mol. The summed E-state index contributed by atoms with van der Waals surface area (Å²) in [5.74, 6) is 0.452. The van der Waals surface area contributed by atoms with Gasteiger partial charge in [0, 0.05) is 11.8 Å².